The summed E-state index contributed by atoms with van der Waals surface area (Å²) >= 11 is 7.12. The van der Waals surface area contributed by atoms with Crippen molar-refractivity contribution in [2.45, 2.75) is 12.7 Å². The average molecular weight is 506 g/mol. The van der Waals surface area contributed by atoms with E-state index >= 15 is 0 Å². The van der Waals surface area contributed by atoms with Crippen LogP contribution in [0.3, 0.4) is 0 Å². The first kappa shape index (κ1) is 22.0. The minimum absolute atomic E-state index is 0.115. The molecule has 0 fully saturated rings. The van der Waals surface area contributed by atoms with Crippen molar-refractivity contribution in [2.24, 2.45) is 0 Å². The summed E-state index contributed by atoms with van der Waals surface area (Å²) in [6.07, 6.45) is -1.73. The van der Waals surface area contributed by atoms with Crippen molar-refractivity contribution < 1.29 is 27.4 Å². The fourth-order valence-corrected chi connectivity index (χ4v) is 4.43. The van der Waals surface area contributed by atoms with Gasteiger partial charge < -0.3 is 9.63 Å². The zero-order valence-corrected chi connectivity index (χ0v) is 18.4. The molecule has 0 saturated carbocycles. The summed E-state index contributed by atoms with van der Waals surface area (Å²) in [5, 5.41) is 16.9. The third-order valence-corrected chi connectivity index (χ3v) is 6.02. The maximum atomic E-state index is 13.5. The van der Waals surface area contributed by atoms with Crippen molar-refractivity contribution >= 4 is 28.6 Å². The van der Waals surface area contributed by atoms with Gasteiger partial charge in [0, 0.05) is 17.8 Å². The number of nitrogens with zero attached hydrogens (tertiary/aromatic N) is 5. The number of benzene rings is 1. The summed E-state index contributed by atoms with van der Waals surface area (Å²) in [4.78, 5) is 21.3. The molecule has 1 aromatic carbocycles. The number of halogens is 4. The Morgan fingerprint density at radius 3 is 2.68 bits per heavy atom. The van der Waals surface area contributed by atoms with Crippen LogP contribution >= 0.6 is 22.9 Å². The van der Waals surface area contributed by atoms with E-state index in [1.165, 1.54) is 50.8 Å². The second-order valence-corrected chi connectivity index (χ2v) is 8.78. The Kier molecular flexibility index (Phi) is 5.33. The van der Waals surface area contributed by atoms with Crippen LogP contribution in [0, 0.1) is 0 Å². The van der Waals surface area contributed by atoms with Crippen LogP contribution in [0.2, 0.25) is 4.47 Å². The van der Waals surface area contributed by atoms with Gasteiger partial charge in [-0.05, 0) is 17.7 Å². The first-order valence-corrected chi connectivity index (χ1v) is 10.8. The molecule has 0 aliphatic heterocycles. The number of hydrogen-bond acceptors (Lipinski definition) is 7. The topological polar surface area (TPSA) is 100 Å². The number of pyridine rings is 1. The van der Waals surface area contributed by atoms with Crippen molar-refractivity contribution in [3.63, 3.8) is 0 Å². The van der Waals surface area contributed by atoms with Crippen LogP contribution in [0.15, 0.2) is 64.2 Å². The Morgan fingerprint density at radius 1 is 1.18 bits per heavy atom. The summed E-state index contributed by atoms with van der Waals surface area (Å²) in [7, 11) is 0. The maximum absolute atomic E-state index is 13.5. The van der Waals surface area contributed by atoms with E-state index in [4.69, 9.17) is 11.6 Å². The van der Waals surface area contributed by atoms with Gasteiger partial charge in [0.1, 0.15) is 12.1 Å². The van der Waals surface area contributed by atoms with Gasteiger partial charge in [0.05, 0.1) is 17.0 Å². The van der Waals surface area contributed by atoms with E-state index in [1.54, 1.807) is 24.4 Å². The van der Waals surface area contributed by atoms with Gasteiger partial charge in [-0.3, -0.25) is 0 Å². The lowest BCUT2D eigenvalue weighted by atomic mass is 10.0. The molecule has 13 heteroatoms. The first-order valence-electron chi connectivity index (χ1n) is 9.58. The third kappa shape index (κ3) is 3.90. The standard InChI is InChI=1S/C21H11ClF3N5O3S/c22-20-26-9-13(34-20)10-30-14-6-1-2-7-29(14)17(31)15(18(30)32)11-4-3-5-12(8-11)16-27-19(33-28-16)21(23,24)25/h1-9H,10H2. The molecule has 0 atom stereocenters. The summed E-state index contributed by atoms with van der Waals surface area (Å²) in [5.41, 5.74) is -0.0502. The molecule has 5 rings (SSSR count). The smallest absolute Gasteiger partial charge is 0.471 e. The van der Waals surface area contributed by atoms with Crippen LogP contribution in [0.4, 0.5) is 13.2 Å². The second-order valence-electron chi connectivity index (χ2n) is 7.08. The van der Waals surface area contributed by atoms with Gasteiger partial charge in [-0.25, -0.2) is 14.3 Å². The molecule has 0 amide bonds. The van der Waals surface area contributed by atoms with Gasteiger partial charge >= 0.3 is 17.6 Å². The van der Waals surface area contributed by atoms with E-state index < -0.39 is 23.5 Å². The zero-order chi connectivity index (χ0) is 24.0. The van der Waals surface area contributed by atoms with E-state index in [2.05, 4.69) is 19.6 Å². The molecule has 0 bridgehead atoms. The molecular formula is C21H11ClF3N5O3S. The third-order valence-electron chi connectivity index (χ3n) is 4.92. The Hall–Kier alpha value is -3.77. The number of fused-ring (bicyclic) bond motifs is 1. The average Bonchev–Trinajstić information content (AvgIpc) is 3.46. The van der Waals surface area contributed by atoms with Gasteiger partial charge in [0.15, 0.2) is 4.47 Å². The molecule has 34 heavy (non-hydrogen) atoms. The van der Waals surface area contributed by atoms with Crippen LogP contribution in [0.1, 0.15) is 10.8 Å². The van der Waals surface area contributed by atoms with Crippen molar-refractivity contribution in [1.29, 1.82) is 0 Å². The largest absolute Gasteiger partial charge is 0.842 e. The predicted octanol–water partition coefficient (Wildman–Crippen LogP) is 3.55. The number of rotatable bonds is 4. The molecule has 0 unspecified atom stereocenters. The van der Waals surface area contributed by atoms with Gasteiger partial charge in [-0.15, -0.1) is 11.3 Å². The molecule has 0 N–H and O–H groups in total. The lowest BCUT2D eigenvalue weighted by Crippen LogP contribution is -2.44. The van der Waals surface area contributed by atoms with Crippen LogP contribution in [-0.2, 0) is 12.7 Å². The number of hydrogen-bond donors (Lipinski definition) is 0. The summed E-state index contributed by atoms with van der Waals surface area (Å²) in [6, 6.07) is 10.8. The molecule has 0 saturated heterocycles. The quantitative estimate of drug-likeness (QED) is 0.346. The fraction of sp³-hybridized carbons (Fsp3) is 0.0952. The monoisotopic (exact) mass is 505 g/mol. The van der Waals surface area contributed by atoms with E-state index in [1.807, 2.05) is 0 Å². The lowest BCUT2D eigenvalue weighted by molar-refractivity contribution is -0.707. The van der Waals surface area contributed by atoms with Crippen molar-refractivity contribution in [1.82, 2.24) is 19.5 Å². The van der Waals surface area contributed by atoms with Crippen LogP contribution in [0.25, 0.3) is 28.2 Å². The number of thiazole rings is 1. The summed E-state index contributed by atoms with van der Waals surface area (Å²) in [6.45, 7) is 0.115. The summed E-state index contributed by atoms with van der Waals surface area (Å²) in [5.74, 6) is -2.40. The van der Waals surface area contributed by atoms with Crippen molar-refractivity contribution in [3.05, 3.63) is 80.4 Å². The molecule has 0 spiro atoms. The highest BCUT2D eigenvalue weighted by atomic mass is 35.5. The van der Waals surface area contributed by atoms with Crippen LogP contribution < -0.4 is 15.2 Å². The minimum Gasteiger partial charge on any atom is -0.842 e. The molecule has 4 heterocycles. The fourth-order valence-electron chi connectivity index (χ4n) is 3.46. The number of aromatic nitrogens is 5. The highest BCUT2D eigenvalue weighted by Crippen LogP contribution is 2.31. The second kappa shape index (κ2) is 8.22. The van der Waals surface area contributed by atoms with Gasteiger partial charge in [0.25, 0.3) is 5.65 Å². The van der Waals surface area contributed by atoms with Crippen molar-refractivity contribution in [3.8, 4) is 28.4 Å². The predicted molar refractivity (Wildman–Crippen MR) is 113 cm³/mol. The normalized spacial score (nSPS) is 11.9. The van der Waals surface area contributed by atoms with Gasteiger partial charge in [0.2, 0.25) is 5.82 Å². The lowest BCUT2D eigenvalue weighted by Gasteiger charge is -2.16. The molecule has 0 aliphatic carbocycles. The molecule has 172 valence electrons. The SMILES string of the molecule is O=c1c(-c2cccc(-c3noc(C(F)(F)F)n3)c2)c([O-])[n+](Cc2cnc(Cl)s2)c2ccccn12. The van der Waals surface area contributed by atoms with E-state index in [9.17, 15) is 23.1 Å². The zero-order valence-electron chi connectivity index (χ0n) is 16.8. The Labute approximate surface area is 197 Å². The molecule has 0 aliphatic rings. The number of alkyl halides is 3. The van der Waals surface area contributed by atoms with Crippen LogP contribution in [-0.4, -0.2) is 19.5 Å². The van der Waals surface area contributed by atoms with Gasteiger partial charge in [-0.1, -0.05) is 41.0 Å². The highest BCUT2D eigenvalue weighted by molar-refractivity contribution is 7.15. The van der Waals surface area contributed by atoms with E-state index in [0.717, 1.165) is 0 Å². The molecule has 4 aromatic heterocycles. The molecular weight excluding hydrogens is 495 g/mol. The molecule has 5 aromatic rings. The summed E-state index contributed by atoms with van der Waals surface area (Å²) < 4.78 is 45.9. The Morgan fingerprint density at radius 2 is 1.97 bits per heavy atom. The minimum atomic E-state index is -4.80. The van der Waals surface area contributed by atoms with Crippen LogP contribution in [0.5, 0.6) is 5.88 Å². The Balaban J connectivity index is 1.68. The first-order chi connectivity index (χ1) is 16.2. The molecule has 0 radical (unpaired) electrons. The van der Waals surface area contributed by atoms with E-state index in [0.29, 0.717) is 15.0 Å². The van der Waals surface area contributed by atoms with Crippen molar-refractivity contribution in [2.75, 3.05) is 0 Å². The highest BCUT2D eigenvalue weighted by Gasteiger charge is 2.38. The maximum Gasteiger partial charge on any atom is 0.471 e. The molecule has 8 nitrogen and oxygen atoms in total. The van der Waals surface area contributed by atoms with E-state index in [-0.39, 0.29) is 29.1 Å². The van der Waals surface area contributed by atoms with Gasteiger partial charge in [-0.2, -0.15) is 22.6 Å². The Bertz CT molecular complexity index is 1590.